The van der Waals surface area contributed by atoms with Crippen LogP contribution in [0.1, 0.15) is 18.2 Å². The van der Waals surface area contributed by atoms with E-state index in [1.54, 1.807) is 18.4 Å². The Hall–Kier alpha value is -1.67. The minimum Gasteiger partial charge on any atom is -0.358 e. The van der Waals surface area contributed by atoms with Crippen molar-refractivity contribution in [2.75, 3.05) is 7.05 Å². The lowest BCUT2D eigenvalue weighted by Gasteiger charge is -2.20. The molecule has 8 heteroatoms. The molecule has 0 spiro atoms. The summed E-state index contributed by atoms with van der Waals surface area (Å²) in [6.07, 6.45) is 0.150. The molecule has 1 aliphatic rings. The summed E-state index contributed by atoms with van der Waals surface area (Å²) in [5.74, 6) is -0.406. The van der Waals surface area contributed by atoms with Crippen molar-refractivity contribution in [1.29, 1.82) is 0 Å². The van der Waals surface area contributed by atoms with E-state index in [0.29, 0.717) is 5.17 Å². The third kappa shape index (κ3) is 3.67. The van der Waals surface area contributed by atoms with Gasteiger partial charge in [-0.05, 0) is 18.4 Å². The summed E-state index contributed by atoms with van der Waals surface area (Å²) in [5, 5.41) is 15.1. The molecule has 0 aromatic carbocycles. The van der Waals surface area contributed by atoms with Crippen LogP contribution in [-0.2, 0) is 9.59 Å². The van der Waals surface area contributed by atoms with Crippen LogP contribution in [0.5, 0.6) is 0 Å². The molecule has 1 atom stereocenters. The Morgan fingerprint density at radius 2 is 2.35 bits per heavy atom. The Morgan fingerprint density at radius 3 is 3.00 bits per heavy atom. The van der Waals surface area contributed by atoms with E-state index in [2.05, 4.69) is 20.8 Å². The number of amidine groups is 1. The molecule has 2 rings (SSSR count). The number of nitrogens with one attached hydrogen (secondary N) is 2. The second kappa shape index (κ2) is 6.67. The van der Waals surface area contributed by atoms with Gasteiger partial charge in [-0.25, -0.2) is 0 Å². The van der Waals surface area contributed by atoms with Gasteiger partial charge in [0.1, 0.15) is 0 Å². The zero-order valence-corrected chi connectivity index (χ0v) is 12.7. The van der Waals surface area contributed by atoms with Crippen LogP contribution in [0.15, 0.2) is 27.7 Å². The average Bonchev–Trinajstić information content (AvgIpc) is 2.97. The van der Waals surface area contributed by atoms with E-state index < -0.39 is 5.25 Å². The first kappa shape index (κ1) is 14.7. The lowest BCUT2D eigenvalue weighted by molar-refractivity contribution is -0.125. The van der Waals surface area contributed by atoms with E-state index in [1.807, 2.05) is 24.4 Å². The smallest absolute Gasteiger partial charge is 0.233 e. The second-order valence-electron chi connectivity index (χ2n) is 4.04. The first-order valence-electron chi connectivity index (χ1n) is 5.94. The fourth-order valence-corrected chi connectivity index (χ4v) is 3.22. The van der Waals surface area contributed by atoms with Crippen molar-refractivity contribution in [2.45, 2.75) is 18.6 Å². The maximum Gasteiger partial charge on any atom is 0.233 e. The SMILES string of the molecule is CNC(=O)[C@H]1CC(=O)N/C(=N\N=C(/C)c2cccs2)S1. The summed E-state index contributed by atoms with van der Waals surface area (Å²) >= 11 is 2.78. The van der Waals surface area contributed by atoms with Gasteiger partial charge in [0.25, 0.3) is 0 Å². The summed E-state index contributed by atoms with van der Waals surface area (Å²) in [7, 11) is 1.55. The third-order valence-electron chi connectivity index (χ3n) is 2.58. The van der Waals surface area contributed by atoms with Gasteiger partial charge in [0.2, 0.25) is 11.8 Å². The van der Waals surface area contributed by atoms with E-state index in [9.17, 15) is 9.59 Å². The summed E-state index contributed by atoms with van der Waals surface area (Å²) in [6, 6.07) is 3.88. The van der Waals surface area contributed by atoms with Crippen LogP contribution in [0.2, 0.25) is 0 Å². The summed E-state index contributed by atoms with van der Waals surface area (Å²) < 4.78 is 0. The molecule has 1 fully saturated rings. The van der Waals surface area contributed by atoms with Gasteiger partial charge >= 0.3 is 0 Å². The fourth-order valence-electron chi connectivity index (χ4n) is 1.55. The standard InChI is InChI=1S/C12H14N4O2S2/c1-7(8-4-3-5-19-8)15-16-12-14-10(17)6-9(20-12)11(18)13-2/h3-5,9H,6H2,1-2H3,(H,13,18)(H,14,16,17)/b15-7+/t9-/m1/s1. The molecule has 0 bridgehead atoms. The Morgan fingerprint density at radius 1 is 1.55 bits per heavy atom. The Balaban J connectivity index is 2.11. The van der Waals surface area contributed by atoms with Crippen LogP contribution in [0.25, 0.3) is 0 Å². The van der Waals surface area contributed by atoms with Gasteiger partial charge < -0.3 is 10.6 Å². The highest BCUT2D eigenvalue weighted by atomic mass is 32.2. The van der Waals surface area contributed by atoms with Crippen molar-refractivity contribution in [3.8, 4) is 0 Å². The molecule has 106 valence electrons. The van der Waals surface area contributed by atoms with Crippen molar-refractivity contribution in [3.63, 3.8) is 0 Å². The van der Waals surface area contributed by atoms with Gasteiger partial charge in [-0.2, -0.15) is 5.10 Å². The summed E-state index contributed by atoms with van der Waals surface area (Å²) in [4.78, 5) is 24.1. The van der Waals surface area contributed by atoms with E-state index in [0.717, 1.165) is 10.6 Å². The highest BCUT2D eigenvalue weighted by molar-refractivity contribution is 8.15. The van der Waals surface area contributed by atoms with Gasteiger partial charge in [0.15, 0.2) is 5.17 Å². The lowest BCUT2D eigenvalue weighted by atomic mass is 10.2. The minimum atomic E-state index is -0.454. The molecule has 2 amide bonds. The van der Waals surface area contributed by atoms with Crippen molar-refractivity contribution in [2.24, 2.45) is 10.2 Å². The predicted molar refractivity (Wildman–Crippen MR) is 82.2 cm³/mol. The first-order chi connectivity index (χ1) is 9.60. The minimum absolute atomic E-state index is 0.150. The molecular weight excluding hydrogens is 296 g/mol. The van der Waals surface area contributed by atoms with Crippen LogP contribution >= 0.6 is 23.1 Å². The molecule has 20 heavy (non-hydrogen) atoms. The molecule has 1 saturated heterocycles. The number of hydrogen-bond acceptors (Lipinski definition) is 6. The van der Waals surface area contributed by atoms with Crippen LogP contribution in [0.3, 0.4) is 0 Å². The zero-order valence-electron chi connectivity index (χ0n) is 11.0. The first-order valence-corrected chi connectivity index (χ1v) is 7.70. The number of amides is 2. The van der Waals surface area contributed by atoms with Gasteiger partial charge in [-0.3, -0.25) is 9.59 Å². The Labute approximate surface area is 124 Å². The van der Waals surface area contributed by atoms with Crippen molar-refractivity contribution in [1.82, 2.24) is 10.6 Å². The van der Waals surface area contributed by atoms with Crippen LogP contribution in [0, 0.1) is 0 Å². The van der Waals surface area contributed by atoms with Crippen molar-refractivity contribution < 1.29 is 9.59 Å². The number of rotatable bonds is 3. The Kier molecular flexibility index (Phi) is 4.91. The van der Waals surface area contributed by atoms with Gasteiger partial charge in [0, 0.05) is 13.5 Å². The number of nitrogens with zero attached hydrogens (tertiary/aromatic N) is 2. The molecular formula is C12H14N4O2S2. The maximum atomic E-state index is 11.6. The molecule has 0 aliphatic carbocycles. The van der Waals surface area contributed by atoms with E-state index in [1.165, 1.54) is 11.8 Å². The molecule has 0 saturated carbocycles. The number of thiophene rings is 1. The molecule has 6 nitrogen and oxygen atoms in total. The largest absolute Gasteiger partial charge is 0.358 e. The van der Waals surface area contributed by atoms with Crippen LogP contribution in [0.4, 0.5) is 0 Å². The molecule has 1 aromatic heterocycles. The maximum absolute atomic E-state index is 11.6. The van der Waals surface area contributed by atoms with Gasteiger partial charge in [0.05, 0.1) is 15.8 Å². The van der Waals surface area contributed by atoms with E-state index in [-0.39, 0.29) is 18.2 Å². The normalized spacial score (nSPS) is 21.7. The van der Waals surface area contributed by atoms with E-state index >= 15 is 0 Å². The number of carbonyl (C=O) groups is 2. The highest BCUT2D eigenvalue weighted by Crippen LogP contribution is 2.21. The highest BCUT2D eigenvalue weighted by Gasteiger charge is 2.29. The van der Waals surface area contributed by atoms with Crippen LogP contribution < -0.4 is 10.6 Å². The molecule has 1 aromatic rings. The molecule has 2 N–H and O–H groups in total. The van der Waals surface area contributed by atoms with Gasteiger partial charge in [-0.1, -0.05) is 17.8 Å². The third-order valence-corrected chi connectivity index (χ3v) is 4.63. The monoisotopic (exact) mass is 310 g/mol. The Bertz CT molecular complexity index is 566. The van der Waals surface area contributed by atoms with E-state index in [4.69, 9.17) is 0 Å². The topological polar surface area (TPSA) is 82.9 Å². The summed E-state index contributed by atoms with van der Waals surface area (Å²) in [6.45, 7) is 1.85. The van der Waals surface area contributed by atoms with Crippen molar-refractivity contribution in [3.05, 3.63) is 22.4 Å². The zero-order chi connectivity index (χ0) is 14.5. The molecule has 1 aliphatic heterocycles. The quantitative estimate of drug-likeness (QED) is 0.650. The van der Waals surface area contributed by atoms with Gasteiger partial charge in [-0.15, -0.1) is 16.4 Å². The van der Waals surface area contributed by atoms with Crippen LogP contribution in [-0.4, -0.2) is 35.0 Å². The number of hydrogen-bond donors (Lipinski definition) is 2. The number of carbonyl (C=O) groups excluding carboxylic acids is 2. The fraction of sp³-hybridized carbons (Fsp3) is 0.333. The predicted octanol–water partition coefficient (Wildman–Crippen LogP) is 1.20. The number of thioether (sulfide) groups is 1. The molecule has 0 radical (unpaired) electrons. The molecule has 0 unspecified atom stereocenters. The second-order valence-corrected chi connectivity index (χ2v) is 6.18. The van der Waals surface area contributed by atoms with Crippen molar-refractivity contribution >= 4 is 45.8 Å². The summed E-state index contributed by atoms with van der Waals surface area (Å²) in [5.41, 5.74) is 0.768. The lowest BCUT2D eigenvalue weighted by Crippen LogP contribution is -2.43. The molecule has 2 heterocycles. The average molecular weight is 310 g/mol.